The van der Waals surface area contributed by atoms with Gasteiger partial charge in [-0.25, -0.2) is 0 Å². The second-order valence-electron chi connectivity index (χ2n) is 3.65. The summed E-state index contributed by atoms with van der Waals surface area (Å²) in [5, 5.41) is 0.600. The van der Waals surface area contributed by atoms with E-state index in [0.29, 0.717) is 16.5 Å². The zero-order chi connectivity index (χ0) is 12.3. The van der Waals surface area contributed by atoms with Gasteiger partial charge >= 0.3 is 0 Å². The molecule has 0 aliphatic rings. The minimum absolute atomic E-state index is 0.383. The van der Waals surface area contributed by atoms with Crippen molar-refractivity contribution in [3.8, 4) is 0 Å². The molecular formula is C13H12ClNOS. The minimum Gasteiger partial charge on any atom is -0.399 e. The average Bonchev–Trinajstić information content (AvgIpc) is 2.35. The van der Waals surface area contributed by atoms with Crippen molar-refractivity contribution in [2.75, 3.05) is 5.73 Å². The molecule has 2 nitrogen and oxygen atoms in total. The van der Waals surface area contributed by atoms with Crippen LogP contribution in [0.5, 0.6) is 0 Å². The van der Waals surface area contributed by atoms with Gasteiger partial charge in [-0.3, -0.25) is 4.21 Å². The van der Waals surface area contributed by atoms with Crippen molar-refractivity contribution >= 4 is 28.1 Å². The molecule has 0 radical (unpaired) electrons. The minimum atomic E-state index is -1.09. The van der Waals surface area contributed by atoms with Crippen LogP contribution in [0.4, 0.5) is 5.69 Å². The molecular weight excluding hydrogens is 254 g/mol. The molecule has 0 aliphatic carbocycles. The largest absolute Gasteiger partial charge is 0.399 e. The van der Waals surface area contributed by atoms with E-state index < -0.39 is 10.8 Å². The summed E-state index contributed by atoms with van der Waals surface area (Å²) in [7, 11) is -1.09. The fourth-order valence-electron chi connectivity index (χ4n) is 1.50. The fraction of sp³-hybridized carbons (Fsp3) is 0.0769. The summed E-state index contributed by atoms with van der Waals surface area (Å²) in [6, 6.07) is 14.6. The predicted octanol–water partition coefficient (Wildman–Crippen LogP) is 3.23. The van der Waals surface area contributed by atoms with Crippen molar-refractivity contribution in [2.24, 2.45) is 0 Å². The van der Waals surface area contributed by atoms with Crippen LogP contribution in [0.3, 0.4) is 0 Å². The number of hydrogen-bond acceptors (Lipinski definition) is 2. The SMILES string of the molecule is Nc1ccc(Cl)c(CS(=O)c2ccccc2)c1. The molecule has 0 fully saturated rings. The third-order valence-electron chi connectivity index (χ3n) is 2.36. The van der Waals surface area contributed by atoms with Crippen LogP contribution in [0, 0.1) is 0 Å². The Kier molecular flexibility index (Phi) is 3.82. The molecule has 0 aromatic heterocycles. The number of anilines is 1. The first-order valence-corrected chi connectivity index (χ1v) is 6.84. The second kappa shape index (κ2) is 5.34. The van der Waals surface area contributed by atoms with Crippen molar-refractivity contribution in [3.05, 3.63) is 59.1 Å². The summed E-state index contributed by atoms with van der Waals surface area (Å²) in [5.41, 5.74) is 7.13. The topological polar surface area (TPSA) is 43.1 Å². The van der Waals surface area contributed by atoms with Gasteiger partial charge in [-0.1, -0.05) is 29.8 Å². The molecule has 2 rings (SSSR count). The standard InChI is InChI=1S/C13H12ClNOS/c14-13-7-6-11(15)8-10(13)9-17(16)12-4-2-1-3-5-12/h1-8H,9,15H2. The summed E-state index contributed by atoms with van der Waals surface area (Å²) in [5.74, 6) is 0.383. The molecule has 0 spiro atoms. The lowest BCUT2D eigenvalue weighted by Crippen LogP contribution is -1.98. The van der Waals surface area contributed by atoms with E-state index in [1.165, 1.54) is 0 Å². The highest BCUT2D eigenvalue weighted by molar-refractivity contribution is 7.84. The van der Waals surface area contributed by atoms with Crippen molar-refractivity contribution in [1.29, 1.82) is 0 Å². The summed E-state index contributed by atoms with van der Waals surface area (Å²) in [6.07, 6.45) is 0. The normalized spacial score (nSPS) is 12.3. The Morgan fingerprint density at radius 2 is 1.82 bits per heavy atom. The van der Waals surface area contributed by atoms with Crippen LogP contribution in [0.1, 0.15) is 5.56 Å². The first kappa shape index (κ1) is 12.1. The molecule has 0 amide bonds. The predicted molar refractivity (Wildman–Crippen MR) is 72.4 cm³/mol. The van der Waals surface area contributed by atoms with Gasteiger partial charge in [0.2, 0.25) is 0 Å². The van der Waals surface area contributed by atoms with Crippen LogP contribution in [-0.4, -0.2) is 4.21 Å². The molecule has 0 saturated carbocycles. The van der Waals surface area contributed by atoms with Crippen LogP contribution >= 0.6 is 11.6 Å². The lowest BCUT2D eigenvalue weighted by Gasteiger charge is -2.05. The van der Waals surface area contributed by atoms with Crippen molar-refractivity contribution in [2.45, 2.75) is 10.6 Å². The molecule has 2 N–H and O–H groups in total. The van der Waals surface area contributed by atoms with Crippen molar-refractivity contribution in [3.63, 3.8) is 0 Å². The summed E-state index contributed by atoms with van der Waals surface area (Å²) in [6.45, 7) is 0. The number of halogens is 1. The van der Waals surface area contributed by atoms with E-state index in [4.69, 9.17) is 17.3 Å². The van der Waals surface area contributed by atoms with Gasteiger partial charge in [0.05, 0.1) is 16.6 Å². The van der Waals surface area contributed by atoms with E-state index in [2.05, 4.69) is 0 Å². The van der Waals surface area contributed by atoms with E-state index in [1.54, 1.807) is 18.2 Å². The average molecular weight is 266 g/mol. The van der Waals surface area contributed by atoms with Crippen LogP contribution in [-0.2, 0) is 16.6 Å². The number of nitrogen functional groups attached to an aromatic ring is 1. The van der Waals surface area contributed by atoms with Gasteiger partial charge in [0, 0.05) is 15.6 Å². The van der Waals surface area contributed by atoms with Gasteiger partial charge in [-0.05, 0) is 35.9 Å². The molecule has 1 atom stereocenters. The van der Waals surface area contributed by atoms with Gasteiger partial charge < -0.3 is 5.73 Å². The quantitative estimate of drug-likeness (QED) is 0.866. The summed E-state index contributed by atoms with van der Waals surface area (Å²) >= 11 is 6.04. The highest BCUT2D eigenvalue weighted by Gasteiger charge is 2.08. The Morgan fingerprint density at radius 3 is 2.53 bits per heavy atom. The Morgan fingerprint density at radius 1 is 1.12 bits per heavy atom. The van der Waals surface area contributed by atoms with Gasteiger partial charge in [0.1, 0.15) is 0 Å². The van der Waals surface area contributed by atoms with Crippen molar-refractivity contribution in [1.82, 2.24) is 0 Å². The molecule has 4 heteroatoms. The third-order valence-corrected chi connectivity index (χ3v) is 4.10. The van der Waals surface area contributed by atoms with Gasteiger partial charge in [-0.2, -0.15) is 0 Å². The molecule has 0 aliphatic heterocycles. The lowest BCUT2D eigenvalue weighted by atomic mass is 10.2. The maximum atomic E-state index is 12.1. The molecule has 88 valence electrons. The maximum absolute atomic E-state index is 12.1. The number of benzene rings is 2. The number of nitrogens with two attached hydrogens (primary N) is 1. The highest BCUT2D eigenvalue weighted by Crippen LogP contribution is 2.22. The molecule has 0 saturated heterocycles. The molecule has 0 heterocycles. The van der Waals surface area contributed by atoms with E-state index in [0.717, 1.165) is 10.5 Å². The van der Waals surface area contributed by atoms with E-state index in [-0.39, 0.29) is 0 Å². The molecule has 2 aromatic rings. The van der Waals surface area contributed by atoms with Crippen LogP contribution in [0.2, 0.25) is 5.02 Å². The van der Waals surface area contributed by atoms with Gasteiger partial charge in [0.15, 0.2) is 0 Å². The highest BCUT2D eigenvalue weighted by atomic mass is 35.5. The number of rotatable bonds is 3. The Balaban J connectivity index is 2.22. The first-order valence-electron chi connectivity index (χ1n) is 5.14. The smallest absolute Gasteiger partial charge is 0.0574 e. The molecule has 17 heavy (non-hydrogen) atoms. The Bertz CT molecular complexity index is 542. The van der Waals surface area contributed by atoms with Crippen LogP contribution in [0.25, 0.3) is 0 Å². The van der Waals surface area contributed by atoms with Gasteiger partial charge in [0.25, 0.3) is 0 Å². The Labute approximate surface area is 108 Å². The van der Waals surface area contributed by atoms with Crippen LogP contribution in [0.15, 0.2) is 53.4 Å². The van der Waals surface area contributed by atoms with E-state index in [1.807, 2.05) is 30.3 Å². The van der Waals surface area contributed by atoms with Gasteiger partial charge in [-0.15, -0.1) is 0 Å². The zero-order valence-electron chi connectivity index (χ0n) is 9.10. The van der Waals surface area contributed by atoms with Crippen molar-refractivity contribution < 1.29 is 4.21 Å². The summed E-state index contributed by atoms with van der Waals surface area (Å²) in [4.78, 5) is 0.797. The number of hydrogen-bond donors (Lipinski definition) is 1. The molecule has 0 bridgehead atoms. The fourth-order valence-corrected chi connectivity index (χ4v) is 2.91. The van der Waals surface area contributed by atoms with Crippen LogP contribution < -0.4 is 5.73 Å². The second-order valence-corrected chi connectivity index (χ2v) is 5.51. The van der Waals surface area contributed by atoms with E-state index in [9.17, 15) is 4.21 Å². The Hall–Kier alpha value is -1.32. The molecule has 2 aromatic carbocycles. The maximum Gasteiger partial charge on any atom is 0.0574 e. The van der Waals surface area contributed by atoms with E-state index >= 15 is 0 Å². The first-order chi connectivity index (χ1) is 8.16. The lowest BCUT2D eigenvalue weighted by molar-refractivity contribution is 0.682. The summed E-state index contributed by atoms with van der Waals surface area (Å²) < 4.78 is 12.1. The third kappa shape index (κ3) is 3.08. The zero-order valence-corrected chi connectivity index (χ0v) is 10.7. The monoisotopic (exact) mass is 265 g/mol. The molecule has 1 unspecified atom stereocenters.